The first kappa shape index (κ1) is 24.6. The summed E-state index contributed by atoms with van der Waals surface area (Å²) in [4.78, 5) is 0. The molecule has 2 aromatic rings. The Morgan fingerprint density at radius 1 is 0.727 bits per heavy atom. The van der Waals surface area contributed by atoms with Crippen molar-refractivity contribution in [1.29, 1.82) is 0 Å². The van der Waals surface area contributed by atoms with Gasteiger partial charge in [0, 0.05) is 8.80 Å². The third kappa shape index (κ3) is 7.01. The standard InChI is InChI=1S/C30H42F2Si/c1-2-3-4-19-33-20-17-24(18-21-33)6-5-23-7-9-25(10-8-23)26-11-13-27(14-12-26)28-15-16-29(31)30(32)22-28/h11-16,22-25,33H,2-10,17-21H2,1H3/t23?,24-,25?,33-. The molecule has 0 N–H and O–H groups in total. The summed E-state index contributed by atoms with van der Waals surface area (Å²) in [7, 11) is -0.363. The molecule has 180 valence electrons. The quantitative estimate of drug-likeness (QED) is 0.254. The van der Waals surface area contributed by atoms with Crippen LogP contribution in [0.2, 0.25) is 18.1 Å². The number of halogens is 2. The number of hydrogen-bond donors (Lipinski definition) is 0. The van der Waals surface area contributed by atoms with Gasteiger partial charge in [-0.15, -0.1) is 0 Å². The zero-order chi connectivity index (χ0) is 23.0. The predicted molar refractivity (Wildman–Crippen MR) is 140 cm³/mol. The van der Waals surface area contributed by atoms with Gasteiger partial charge in [0.2, 0.25) is 0 Å². The fourth-order valence-electron chi connectivity index (χ4n) is 6.37. The molecular weight excluding hydrogens is 426 g/mol. The molecule has 4 rings (SSSR count). The van der Waals surface area contributed by atoms with Crippen molar-refractivity contribution >= 4 is 8.80 Å². The van der Waals surface area contributed by atoms with Crippen molar-refractivity contribution in [2.24, 2.45) is 11.8 Å². The van der Waals surface area contributed by atoms with E-state index >= 15 is 0 Å². The van der Waals surface area contributed by atoms with Crippen LogP contribution in [0.3, 0.4) is 0 Å². The fourth-order valence-corrected chi connectivity index (χ4v) is 9.99. The maximum Gasteiger partial charge on any atom is 0.159 e. The second kappa shape index (κ2) is 12.3. The fraction of sp³-hybridized carbons (Fsp3) is 0.600. The minimum absolute atomic E-state index is 0.363. The van der Waals surface area contributed by atoms with E-state index in [1.54, 1.807) is 37.0 Å². The van der Waals surface area contributed by atoms with E-state index in [0.717, 1.165) is 23.0 Å². The lowest BCUT2D eigenvalue weighted by molar-refractivity contribution is 0.280. The van der Waals surface area contributed by atoms with E-state index in [0.29, 0.717) is 5.92 Å². The molecule has 0 nitrogen and oxygen atoms in total. The molecule has 2 aromatic carbocycles. The van der Waals surface area contributed by atoms with Crippen LogP contribution in [0.1, 0.15) is 89.0 Å². The summed E-state index contributed by atoms with van der Waals surface area (Å²) < 4.78 is 26.8. The molecule has 1 saturated carbocycles. The highest BCUT2D eigenvalue weighted by Gasteiger charge is 2.25. The normalized spacial score (nSPS) is 25.8. The number of rotatable bonds is 9. The van der Waals surface area contributed by atoms with E-state index in [4.69, 9.17) is 0 Å². The van der Waals surface area contributed by atoms with Gasteiger partial charge in [-0.2, -0.15) is 0 Å². The highest BCUT2D eigenvalue weighted by atomic mass is 28.3. The highest BCUT2D eigenvalue weighted by molar-refractivity contribution is 6.58. The molecule has 2 aliphatic rings. The van der Waals surface area contributed by atoms with Crippen molar-refractivity contribution in [3.63, 3.8) is 0 Å². The largest absolute Gasteiger partial charge is 0.204 e. The monoisotopic (exact) mass is 468 g/mol. The molecule has 0 spiro atoms. The number of unbranched alkanes of at least 4 members (excludes halogenated alkanes) is 2. The van der Waals surface area contributed by atoms with Gasteiger partial charge in [0.25, 0.3) is 0 Å². The molecule has 0 atom stereocenters. The van der Waals surface area contributed by atoms with Crippen LogP contribution in [0.5, 0.6) is 0 Å². The van der Waals surface area contributed by atoms with Crippen LogP contribution >= 0.6 is 0 Å². The Kier molecular flexibility index (Phi) is 9.17. The summed E-state index contributed by atoms with van der Waals surface area (Å²) in [5.74, 6) is 1.05. The topological polar surface area (TPSA) is 0 Å². The maximum atomic E-state index is 13.6. The summed E-state index contributed by atoms with van der Waals surface area (Å²) in [6, 6.07) is 17.5. The van der Waals surface area contributed by atoms with E-state index in [-0.39, 0.29) is 8.80 Å². The van der Waals surface area contributed by atoms with Gasteiger partial charge >= 0.3 is 0 Å². The highest BCUT2D eigenvalue weighted by Crippen LogP contribution is 2.40. The summed E-state index contributed by atoms with van der Waals surface area (Å²) in [5, 5.41) is 0. The zero-order valence-corrected chi connectivity index (χ0v) is 21.7. The Morgan fingerprint density at radius 3 is 2.00 bits per heavy atom. The van der Waals surface area contributed by atoms with Crippen molar-refractivity contribution < 1.29 is 8.78 Å². The second-order valence-corrected chi connectivity index (χ2v) is 14.4. The second-order valence-electron chi connectivity index (χ2n) is 10.9. The molecule has 1 saturated heterocycles. The van der Waals surface area contributed by atoms with Crippen LogP contribution in [0, 0.1) is 23.5 Å². The van der Waals surface area contributed by atoms with Gasteiger partial charge in [-0.05, 0) is 72.3 Å². The lowest BCUT2D eigenvalue weighted by Gasteiger charge is -2.32. The van der Waals surface area contributed by atoms with Gasteiger partial charge in [-0.1, -0.05) is 100 Å². The number of hydrogen-bond acceptors (Lipinski definition) is 0. The van der Waals surface area contributed by atoms with Crippen LogP contribution in [0.25, 0.3) is 11.1 Å². The van der Waals surface area contributed by atoms with Crippen LogP contribution in [-0.4, -0.2) is 8.80 Å². The van der Waals surface area contributed by atoms with Gasteiger partial charge < -0.3 is 0 Å². The van der Waals surface area contributed by atoms with Crippen molar-refractivity contribution in [3.05, 3.63) is 59.7 Å². The Hall–Kier alpha value is -1.48. The van der Waals surface area contributed by atoms with Gasteiger partial charge in [0.1, 0.15) is 0 Å². The first-order valence-corrected chi connectivity index (χ1v) is 16.1. The molecule has 33 heavy (non-hydrogen) atoms. The van der Waals surface area contributed by atoms with Crippen molar-refractivity contribution in [3.8, 4) is 11.1 Å². The smallest absolute Gasteiger partial charge is 0.159 e. The van der Waals surface area contributed by atoms with E-state index in [2.05, 4.69) is 31.2 Å². The van der Waals surface area contributed by atoms with Gasteiger partial charge in [-0.25, -0.2) is 8.78 Å². The van der Waals surface area contributed by atoms with Gasteiger partial charge in [0.05, 0.1) is 0 Å². The summed E-state index contributed by atoms with van der Waals surface area (Å²) in [6.45, 7) is 2.32. The van der Waals surface area contributed by atoms with Gasteiger partial charge in [-0.3, -0.25) is 0 Å². The van der Waals surface area contributed by atoms with Crippen LogP contribution in [-0.2, 0) is 0 Å². The maximum absolute atomic E-state index is 13.6. The molecule has 0 radical (unpaired) electrons. The molecular formula is C30H42F2Si. The lowest BCUT2D eigenvalue weighted by atomic mass is 9.76. The summed E-state index contributed by atoms with van der Waals surface area (Å²) in [5.41, 5.74) is 3.10. The minimum Gasteiger partial charge on any atom is -0.204 e. The first-order chi connectivity index (χ1) is 16.1. The van der Waals surface area contributed by atoms with Crippen molar-refractivity contribution in [2.45, 2.75) is 102 Å². The van der Waals surface area contributed by atoms with Crippen molar-refractivity contribution in [2.75, 3.05) is 0 Å². The molecule has 0 bridgehead atoms. The molecule has 0 amide bonds. The third-order valence-corrected chi connectivity index (χ3v) is 12.2. The SMILES string of the molecule is CCCCC[Si@H]1CC[C@H](CCC2CCC(c3ccc(-c4ccc(F)c(F)c4)cc3)CC2)CC1. The molecule has 1 aliphatic heterocycles. The van der Waals surface area contributed by atoms with E-state index in [9.17, 15) is 8.78 Å². The van der Waals surface area contributed by atoms with E-state index < -0.39 is 11.6 Å². The third-order valence-electron chi connectivity index (χ3n) is 8.65. The molecule has 0 unspecified atom stereocenters. The van der Waals surface area contributed by atoms with Crippen molar-refractivity contribution in [1.82, 2.24) is 0 Å². The first-order valence-electron chi connectivity index (χ1n) is 13.7. The Bertz CT molecular complexity index is 846. The van der Waals surface area contributed by atoms with Crippen LogP contribution < -0.4 is 0 Å². The summed E-state index contributed by atoms with van der Waals surface area (Å²) >= 11 is 0. The van der Waals surface area contributed by atoms with Crippen LogP contribution in [0.15, 0.2) is 42.5 Å². The average molecular weight is 469 g/mol. The summed E-state index contributed by atoms with van der Waals surface area (Å²) in [6.07, 6.45) is 15.7. The van der Waals surface area contributed by atoms with Crippen LogP contribution in [0.4, 0.5) is 8.78 Å². The Balaban J connectivity index is 1.18. The minimum atomic E-state index is -0.788. The van der Waals surface area contributed by atoms with E-state index in [1.165, 1.54) is 75.5 Å². The number of benzene rings is 2. The van der Waals surface area contributed by atoms with E-state index in [1.807, 2.05) is 0 Å². The molecule has 1 aliphatic carbocycles. The zero-order valence-electron chi connectivity index (χ0n) is 20.5. The Morgan fingerprint density at radius 2 is 1.36 bits per heavy atom. The molecule has 0 aromatic heterocycles. The average Bonchev–Trinajstić information content (AvgIpc) is 2.86. The predicted octanol–water partition coefficient (Wildman–Crippen LogP) is 9.51. The van der Waals surface area contributed by atoms with Gasteiger partial charge in [0.15, 0.2) is 11.6 Å². The lowest BCUT2D eigenvalue weighted by Crippen LogP contribution is -2.22. The molecule has 1 heterocycles. The Labute approximate surface area is 201 Å². The molecule has 2 fully saturated rings. The molecule has 3 heteroatoms.